The minimum atomic E-state index is 0.748. The van der Waals surface area contributed by atoms with Crippen LogP contribution in [0.1, 0.15) is 24.0 Å². The first-order valence-electron chi connectivity index (χ1n) is 9.20. The molecule has 0 aliphatic carbocycles. The number of benzene rings is 1. The van der Waals surface area contributed by atoms with Crippen molar-refractivity contribution in [2.24, 2.45) is 4.99 Å². The SMILES string of the molecule is CN=C(NCCC1=CCOCC1)N1CCc2cc(OC)c(OC)cc2C1. The van der Waals surface area contributed by atoms with Gasteiger partial charge < -0.3 is 24.4 Å². The van der Waals surface area contributed by atoms with Crippen LogP contribution in [-0.4, -0.2) is 58.4 Å². The second kappa shape index (κ2) is 8.94. The standard InChI is InChI=1S/C20H29N3O3/c1-21-20(22-8-4-15-6-10-26-11-7-15)23-9-5-16-12-18(24-2)19(25-3)13-17(16)14-23/h6,12-13H,4-5,7-11,14H2,1-3H3,(H,21,22). The van der Waals surface area contributed by atoms with Gasteiger partial charge in [-0.15, -0.1) is 0 Å². The molecule has 0 aromatic heterocycles. The molecule has 6 heteroatoms. The molecule has 142 valence electrons. The molecule has 0 bridgehead atoms. The van der Waals surface area contributed by atoms with Crippen molar-refractivity contribution in [1.29, 1.82) is 0 Å². The number of fused-ring (bicyclic) bond motifs is 1. The summed E-state index contributed by atoms with van der Waals surface area (Å²) in [7, 11) is 5.20. The summed E-state index contributed by atoms with van der Waals surface area (Å²) in [5, 5.41) is 3.51. The number of hydrogen-bond acceptors (Lipinski definition) is 4. The van der Waals surface area contributed by atoms with Crippen LogP contribution in [0, 0.1) is 0 Å². The number of methoxy groups -OCH3 is 2. The predicted octanol–water partition coefficient (Wildman–Crippen LogP) is 2.37. The monoisotopic (exact) mass is 359 g/mol. The molecule has 0 radical (unpaired) electrons. The van der Waals surface area contributed by atoms with Crippen LogP contribution in [0.4, 0.5) is 0 Å². The lowest BCUT2D eigenvalue weighted by Crippen LogP contribution is -2.44. The first kappa shape index (κ1) is 18.6. The maximum absolute atomic E-state index is 5.45. The average Bonchev–Trinajstić information content (AvgIpc) is 2.70. The molecule has 2 aliphatic heterocycles. The largest absolute Gasteiger partial charge is 0.493 e. The Morgan fingerprint density at radius 1 is 1.19 bits per heavy atom. The van der Waals surface area contributed by atoms with Gasteiger partial charge in [-0.2, -0.15) is 0 Å². The summed E-state index contributed by atoms with van der Waals surface area (Å²) >= 11 is 0. The highest BCUT2D eigenvalue weighted by Gasteiger charge is 2.21. The second-order valence-electron chi connectivity index (χ2n) is 6.56. The van der Waals surface area contributed by atoms with Crippen LogP contribution in [-0.2, 0) is 17.7 Å². The van der Waals surface area contributed by atoms with E-state index in [-0.39, 0.29) is 0 Å². The van der Waals surface area contributed by atoms with Crippen LogP contribution in [0.25, 0.3) is 0 Å². The molecule has 1 aromatic rings. The summed E-state index contributed by atoms with van der Waals surface area (Å²) in [6, 6.07) is 4.18. The van der Waals surface area contributed by atoms with Gasteiger partial charge in [0.15, 0.2) is 17.5 Å². The third-order valence-corrected chi connectivity index (χ3v) is 5.02. The molecule has 0 saturated heterocycles. The molecule has 0 atom stereocenters. The van der Waals surface area contributed by atoms with Gasteiger partial charge in [-0.05, 0) is 42.5 Å². The van der Waals surface area contributed by atoms with E-state index < -0.39 is 0 Å². The van der Waals surface area contributed by atoms with Crippen molar-refractivity contribution in [3.05, 3.63) is 34.9 Å². The average molecular weight is 359 g/mol. The highest BCUT2D eigenvalue weighted by Crippen LogP contribution is 2.33. The molecule has 0 amide bonds. The van der Waals surface area contributed by atoms with Crippen molar-refractivity contribution in [3.8, 4) is 11.5 Å². The van der Waals surface area contributed by atoms with Crippen molar-refractivity contribution < 1.29 is 14.2 Å². The second-order valence-corrected chi connectivity index (χ2v) is 6.56. The van der Waals surface area contributed by atoms with E-state index in [0.29, 0.717) is 0 Å². The molecular formula is C20H29N3O3. The summed E-state index contributed by atoms with van der Waals surface area (Å²) in [4.78, 5) is 6.77. The summed E-state index contributed by atoms with van der Waals surface area (Å²) in [6.07, 6.45) is 5.25. The first-order valence-corrected chi connectivity index (χ1v) is 9.20. The molecule has 0 spiro atoms. The smallest absolute Gasteiger partial charge is 0.193 e. The summed E-state index contributed by atoms with van der Waals surface area (Å²) in [5.74, 6) is 2.53. The molecule has 3 rings (SSSR count). The Balaban J connectivity index is 1.61. The highest BCUT2D eigenvalue weighted by molar-refractivity contribution is 5.80. The number of hydrogen-bond donors (Lipinski definition) is 1. The number of nitrogens with one attached hydrogen (secondary N) is 1. The highest BCUT2D eigenvalue weighted by atomic mass is 16.5. The lowest BCUT2D eigenvalue weighted by Gasteiger charge is -2.32. The number of ether oxygens (including phenoxy) is 3. The summed E-state index contributed by atoms with van der Waals surface area (Å²) in [6.45, 7) is 4.26. The van der Waals surface area contributed by atoms with Gasteiger partial charge >= 0.3 is 0 Å². The Hall–Kier alpha value is -2.21. The van der Waals surface area contributed by atoms with E-state index in [0.717, 1.165) is 69.6 Å². The van der Waals surface area contributed by atoms with E-state index in [9.17, 15) is 0 Å². The Kier molecular flexibility index (Phi) is 6.39. The fourth-order valence-corrected chi connectivity index (χ4v) is 3.52. The minimum Gasteiger partial charge on any atom is -0.493 e. The number of rotatable bonds is 5. The van der Waals surface area contributed by atoms with E-state index in [1.54, 1.807) is 14.2 Å². The van der Waals surface area contributed by atoms with Crippen molar-refractivity contribution in [2.45, 2.75) is 25.8 Å². The number of guanidine groups is 1. The molecule has 6 nitrogen and oxygen atoms in total. The third kappa shape index (κ3) is 4.30. The van der Waals surface area contributed by atoms with Crippen molar-refractivity contribution >= 4 is 5.96 Å². The lowest BCUT2D eigenvalue weighted by atomic mass is 9.99. The Labute approximate surface area is 155 Å². The first-order chi connectivity index (χ1) is 12.7. The van der Waals surface area contributed by atoms with Crippen LogP contribution < -0.4 is 14.8 Å². The van der Waals surface area contributed by atoms with Crippen LogP contribution in [0.3, 0.4) is 0 Å². The zero-order chi connectivity index (χ0) is 18.4. The van der Waals surface area contributed by atoms with Gasteiger partial charge in [-0.3, -0.25) is 4.99 Å². The number of aliphatic imine (C=N–C) groups is 1. The van der Waals surface area contributed by atoms with Crippen molar-refractivity contribution in [3.63, 3.8) is 0 Å². The maximum Gasteiger partial charge on any atom is 0.193 e. The zero-order valence-electron chi connectivity index (χ0n) is 16.0. The van der Waals surface area contributed by atoms with Crippen LogP contribution in [0.15, 0.2) is 28.8 Å². The molecule has 0 fully saturated rings. The molecule has 2 heterocycles. The minimum absolute atomic E-state index is 0.748. The fraction of sp³-hybridized carbons (Fsp3) is 0.550. The van der Waals surface area contributed by atoms with E-state index in [4.69, 9.17) is 14.2 Å². The van der Waals surface area contributed by atoms with E-state index in [1.165, 1.54) is 16.7 Å². The van der Waals surface area contributed by atoms with E-state index in [1.807, 2.05) is 7.05 Å². The molecular weight excluding hydrogens is 330 g/mol. The van der Waals surface area contributed by atoms with Gasteiger partial charge in [-0.25, -0.2) is 0 Å². The Morgan fingerprint density at radius 2 is 1.96 bits per heavy atom. The fourth-order valence-electron chi connectivity index (χ4n) is 3.52. The molecule has 1 N–H and O–H groups in total. The van der Waals surface area contributed by atoms with Crippen LogP contribution >= 0.6 is 0 Å². The molecule has 1 aromatic carbocycles. The van der Waals surface area contributed by atoms with Gasteiger partial charge in [0.05, 0.1) is 27.4 Å². The van der Waals surface area contributed by atoms with Crippen LogP contribution in [0.5, 0.6) is 11.5 Å². The quantitative estimate of drug-likeness (QED) is 0.497. The van der Waals surface area contributed by atoms with E-state index in [2.05, 4.69) is 33.4 Å². The Bertz CT molecular complexity index is 685. The topological polar surface area (TPSA) is 55.3 Å². The summed E-state index contributed by atoms with van der Waals surface area (Å²) in [5.41, 5.74) is 4.06. The van der Waals surface area contributed by atoms with Crippen LogP contribution in [0.2, 0.25) is 0 Å². The number of nitrogens with zero attached hydrogens (tertiary/aromatic N) is 2. The van der Waals surface area contributed by atoms with Gasteiger partial charge in [0.2, 0.25) is 0 Å². The van der Waals surface area contributed by atoms with Crippen molar-refractivity contribution in [1.82, 2.24) is 10.2 Å². The summed E-state index contributed by atoms with van der Waals surface area (Å²) < 4.78 is 16.2. The van der Waals surface area contributed by atoms with Gasteiger partial charge in [0, 0.05) is 26.7 Å². The Morgan fingerprint density at radius 3 is 2.62 bits per heavy atom. The molecule has 0 saturated carbocycles. The zero-order valence-corrected chi connectivity index (χ0v) is 16.0. The predicted molar refractivity (Wildman–Crippen MR) is 103 cm³/mol. The van der Waals surface area contributed by atoms with E-state index >= 15 is 0 Å². The van der Waals surface area contributed by atoms with Gasteiger partial charge in [0.1, 0.15) is 0 Å². The lowest BCUT2D eigenvalue weighted by molar-refractivity contribution is 0.153. The van der Waals surface area contributed by atoms with Gasteiger partial charge in [0.25, 0.3) is 0 Å². The molecule has 2 aliphatic rings. The normalized spacial score (nSPS) is 17.4. The van der Waals surface area contributed by atoms with Crippen molar-refractivity contribution in [2.75, 3.05) is 47.6 Å². The third-order valence-electron chi connectivity index (χ3n) is 5.02. The van der Waals surface area contributed by atoms with Gasteiger partial charge in [-0.1, -0.05) is 11.6 Å². The molecule has 26 heavy (non-hydrogen) atoms. The molecule has 0 unspecified atom stereocenters. The maximum atomic E-state index is 5.45.